The Morgan fingerprint density at radius 2 is 0.721 bits per heavy atom. The first-order chi connectivity index (χ1) is 29.4. The van der Waals surface area contributed by atoms with Gasteiger partial charge in [0.25, 0.3) is 0 Å². The predicted molar refractivity (Wildman–Crippen MR) is 262 cm³/mol. The van der Waals surface area contributed by atoms with E-state index in [1.165, 1.54) is 43.8 Å². The molecule has 0 fully saturated rings. The van der Waals surface area contributed by atoms with Gasteiger partial charge in [-0.15, -0.1) is 0 Å². The fraction of sp³-hybridized carbons (Fsp3) is 0.250. The van der Waals surface area contributed by atoms with E-state index < -0.39 is 8.07 Å². The van der Waals surface area contributed by atoms with E-state index in [-0.39, 0.29) is 0 Å². The topological polar surface area (TPSA) is 35.6 Å². The molecule has 0 N–H and O–H groups in total. The molecule has 2 aromatic heterocycles. The van der Waals surface area contributed by atoms with Crippen LogP contribution in [0.4, 0.5) is 0 Å². The second-order valence-corrected chi connectivity index (χ2v) is 22.7. The van der Waals surface area contributed by atoms with Crippen LogP contribution in [0.5, 0.6) is 0 Å². The van der Waals surface area contributed by atoms with Gasteiger partial charge in [0.2, 0.25) is 0 Å². The highest BCUT2D eigenvalue weighted by molar-refractivity contribution is 7.00. The van der Waals surface area contributed by atoms with E-state index in [0.29, 0.717) is 23.7 Å². The quantitative estimate of drug-likeness (QED) is 0.115. The fourth-order valence-corrected chi connectivity index (χ4v) is 11.5. The normalized spacial score (nSPS) is 12.0. The predicted octanol–water partition coefficient (Wildman–Crippen LogP) is 14.0. The van der Waals surface area contributed by atoms with Crippen molar-refractivity contribution in [2.45, 2.75) is 92.2 Å². The van der Waals surface area contributed by atoms with Gasteiger partial charge in [-0.2, -0.15) is 0 Å². The van der Waals surface area contributed by atoms with E-state index in [0.717, 1.165) is 45.5 Å². The van der Waals surface area contributed by atoms with Gasteiger partial charge in [0.1, 0.15) is 19.7 Å². The molecule has 5 heteroatoms. The molecule has 8 rings (SSSR count). The number of para-hydroxylation sites is 2. The molecule has 0 radical (unpaired) electrons. The third-order valence-corrected chi connectivity index (χ3v) is 16.0. The summed E-state index contributed by atoms with van der Waals surface area (Å²) in [5.41, 5.74) is 14.7. The monoisotopic (exact) mass is 816 g/mol. The average Bonchev–Trinajstić information content (AvgIpc) is 3.92. The van der Waals surface area contributed by atoms with Gasteiger partial charge in [-0.25, -0.2) is 9.97 Å². The molecule has 0 aliphatic carbocycles. The maximum Gasteiger partial charge on any atom is 0.144 e. The molecule has 61 heavy (non-hydrogen) atoms. The molecule has 0 amide bonds. The lowest BCUT2D eigenvalue weighted by Crippen LogP contribution is -2.52. The zero-order valence-electron chi connectivity index (χ0n) is 37.6. The fourth-order valence-electron chi connectivity index (χ4n) is 9.09. The smallest absolute Gasteiger partial charge is 0.144 e. The van der Waals surface area contributed by atoms with Crippen LogP contribution in [0.25, 0.3) is 56.7 Å². The van der Waals surface area contributed by atoms with Crippen LogP contribution < -0.4 is 10.4 Å². The SMILES string of the molecule is CC(C)c1cccc(C(C)C)c1-c1cnc(-c2cccc([Si](C)(C)c3cccc(-c4ncc(-c5c(C(C)C)cccc5C(C)C)n4-c4ccccc4)c3)c2)n1-c1ccccc1. The van der Waals surface area contributed by atoms with Crippen molar-refractivity contribution < 1.29 is 0 Å². The van der Waals surface area contributed by atoms with Crippen molar-refractivity contribution in [3.8, 4) is 56.7 Å². The number of hydrogen-bond donors (Lipinski definition) is 0. The van der Waals surface area contributed by atoms with Gasteiger partial charge in [0.05, 0.1) is 23.8 Å². The zero-order chi connectivity index (χ0) is 43.0. The summed E-state index contributed by atoms with van der Waals surface area (Å²) in [4.78, 5) is 10.5. The minimum Gasteiger partial charge on any atom is -0.292 e. The summed E-state index contributed by atoms with van der Waals surface area (Å²) < 4.78 is 4.76. The minimum atomic E-state index is -2.26. The summed E-state index contributed by atoms with van der Waals surface area (Å²) in [7, 11) is -2.26. The summed E-state index contributed by atoms with van der Waals surface area (Å²) in [5, 5.41) is 2.72. The largest absolute Gasteiger partial charge is 0.292 e. The molecular weight excluding hydrogens is 757 g/mol. The van der Waals surface area contributed by atoms with Crippen molar-refractivity contribution in [3.05, 3.63) is 180 Å². The lowest BCUT2D eigenvalue weighted by Gasteiger charge is -2.25. The van der Waals surface area contributed by atoms with E-state index in [1.807, 2.05) is 0 Å². The standard InChI is InChI=1S/C56H60N4Si/c1-37(2)47-29-19-30-48(38(3)4)53(47)51-35-57-55(59(51)43-23-13-11-14-24-43)41-21-17-27-45(33-41)61(9,10)46-28-18-22-42(34-46)56-58-36-52(60(56)44-25-15-12-16-26-44)54-49(39(5)6)31-20-32-50(54)40(7)8/h11-40H,1-10H3. The van der Waals surface area contributed by atoms with Crippen LogP contribution in [0.1, 0.15) is 101 Å². The highest BCUT2D eigenvalue weighted by Crippen LogP contribution is 2.41. The minimum absolute atomic E-state index is 0.368. The van der Waals surface area contributed by atoms with Crippen molar-refractivity contribution in [2.24, 2.45) is 0 Å². The Morgan fingerprint density at radius 3 is 1.05 bits per heavy atom. The van der Waals surface area contributed by atoms with E-state index in [4.69, 9.17) is 9.97 Å². The van der Waals surface area contributed by atoms with Crippen LogP contribution in [-0.4, -0.2) is 27.2 Å². The number of hydrogen-bond acceptors (Lipinski definition) is 2. The number of nitrogens with zero attached hydrogens (tertiary/aromatic N) is 4. The molecule has 0 atom stereocenters. The molecule has 0 aliphatic heterocycles. The van der Waals surface area contributed by atoms with Gasteiger partial charge in [0, 0.05) is 33.6 Å². The molecule has 0 unspecified atom stereocenters. The maximum atomic E-state index is 5.26. The highest BCUT2D eigenvalue weighted by Gasteiger charge is 2.29. The Labute approximate surface area is 365 Å². The molecular formula is C56H60N4Si. The Kier molecular flexibility index (Phi) is 11.7. The van der Waals surface area contributed by atoms with Gasteiger partial charge in [-0.1, -0.05) is 200 Å². The number of aromatic nitrogens is 4. The van der Waals surface area contributed by atoms with Crippen LogP contribution >= 0.6 is 0 Å². The Hall–Kier alpha value is -6.04. The van der Waals surface area contributed by atoms with Crippen molar-refractivity contribution in [1.29, 1.82) is 0 Å². The molecule has 0 aliphatic rings. The maximum absolute atomic E-state index is 5.26. The highest BCUT2D eigenvalue weighted by atomic mass is 28.3. The number of rotatable bonds is 12. The van der Waals surface area contributed by atoms with Crippen LogP contribution in [0.2, 0.25) is 13.1 Å². The lowest BCUT2D eigenvalue weighted by atomic mass is 9.87. The van der Waals surface area contributed by atoms with Crippen LogP contribution in [0, 0.1) is 0 Å². The first-order valence-corrected chi connectivity index (χ1v) is 25.1. The summed E-state index contributed by atoms with van der Waals surface area (Å²) in [6.07, 6.45) is 4.20. The lowest BCUT2D eigenvalue weighted by molar-refractivity contribution is 0.834. The summed E-state index contributed by atoms with van der Waals surface area (Å²) >= 11 is 0. The molecule has 0 saturated carbocycles. The Morgan fingerprint density at radius 1 is 0.393 bits per heavy atom. The molecule has 308 valence electrons. The summed E-state index contributed by atoms with van der Waals surface area (Å²) in [5.74, 6) is 3.38. The van der Waals surface area contributed by atoms with Crippen LogP contribution in [0.3, 0.4) is 0 Å². The third kappa shape index (κ3) is 7.88. The van der Waals surface area contributed by atoms with Gasteiger partial charge in [0.15, 0.2) is 0 Å². The van der Waals surface area contributed by atoms with Crippen molar-refractivity contribution in [3.63, 3.8) is 0 Å². The second kappa shape index (κ2) is 17.1. The van der Waals surface area contributed by atoms with Gasteiger partial charge >= 0.3 is 0 Å². The first kappa shape index (κ1) is 41.7. The molecule has 8 aromatic rings. The van der Waals surface area contributed by atoms with Gasteiger partial charge in [-0.3, -0.25) is 9.13 Å². The molecule has 6 aromatic carbocycles. The molecule has 2 heterocycles. The van der Waals surface area contributed by atoms with E-state index >= 15 is 0 Å². The molecule has 0 saturated heterocycles. The second-order valence-electron chi connectivity index (χ2n) is 18.3. The van der Waals surface area contributed by atoms with Crippen molar-refractivity contribution in [2.75, 3.05) is 0 Å². The number of benzene rings is 6. The Bertz CT molecular complexity index is 2540. The van der Waals surface area contributed by atoms with E-state index in [2.05, 4.69) is 236 Å². The average molecular weight is 817 g/mol. The zero-order valence-corrected chi connectivity index (χ0v) is 38.6. The van der Waals surface area contributed by atoms with Gasteiger partial charge < -0.3 is 0 Å². The van der Waals surface area contributed by atoms with E-state index in [9.17, 15) is 0 Å². The number of imidazole rings is 2. The molecule has 4 nitrogen and oxygen atoms in total. The van der Waals surface area contributed by atoms with Crippen molar-refractivity contribution >= 4 is 18.4 Å². The van der Waals surface area contributed by atoms with Crippen molar-refractivity contribution in [1.82, 2.24) is 19.1 Å². The molecule has 0 bridgehead atoms. The van der Waals surface area contributed by atoms with Crippen LogP contribution in [0.15, 0.2) is 158 Å². The first-order valence-electron chi connectivity index (χ1n) is 22.1. The Balaban J connectivity index is 1.25. The summed E-state index contributed by atoms with van der Waals surface area (Å²) in [6, 6.07) is 53.4. The molecule has 0 spiro atoms. The third-order valence-electron chi connectivity index (χ3n) is 12.5. The van der Waals surface area contributed by atoms with Gasteiger partial charge in [-0.05, 0) is 70.2 Å². The van der Waals surface area contributed by atoms with E-state index in [1.54, 1.807) is 0 Å². The summed E-state index contributed by atoms with van der Waals surface area (Å²) in [6.45, 7) is 23.3. The van der Waals surface area contributed by atoms with Crippen LogP contribution in [-0.2, 0) is 0 Å².